The highest BCUT2D eigenvalue weighted by Crippen LogP contribution is 2.42. The van der Waals surface area contributed by atoms with E-state index in [1.807, 2.05) is 0 Å². The van der Waals surface area contributed by atoms with Crippen molar-refractivity contribution in [2.75, 3.05) is 46.0 Å². The van der Waals surface area contributed by atoms with Crippen LogP contribution >= 0.6 is 12.9 Å². The molecule has 0 aliphatic carbocycles. The van der Waals surface area contributed by atoms with Gasteiger partial charge in [0.15, 0.2) is 0 Å². The third kappa shape index (κ3) is 2.43. The lowest BCUT2D eigenvalue weighted by Gasteiger charge is -2.37. The summed E-state index contributed by atoms with van der Waals surface area (Å²) in [6.45, 7) is 7.23. The molecule has 3 fully saturated rings. The van der Waals surface area contributed by atoms with E-state index >= 15 is 0 Å². The van der Waals surface area contributed by atoms with E-state index < -0.39 is 0 Å². The van der Waals surface area contributed by atoms with Crippen molar-refractivity contribution in [1.29, 1.82) is 0 Å². The number of fused-ring (bicyclic) bond motifs is 1. The summed E-state index contributed by atoms with van der Waals surface area (Å²) in [7, 11) is 0. The number of hydrogen-bond donors (Lipinski definition) is 1. The topological polar surface area (TPSA) is 24.9 Å². The van der Waals surface area contributed by atoms with Crippen LogP contribution in [0.4, 0.5) is 0 Å². The molecule has 2 atom stereocenters. The van der Waals surface area contributed by atoms with Crippen molar-refractivity contribution in [3.63, 3.8) is 0 Å². The minimum absolute atomic E-state index is 0.304. The molecule has 3 saturated heterocycles. The summed E-state index contributed by atoms with van der Waals surface area (Å²) >= 11 is 3.98. The summed E-state index contributed by atoms with van der Waals surface area (Å²) in [4.78, 5) is 5.27. The van der Waals surface area contributed by atoms with Crippen LogP contribution in [-0.4, -0.2) is 67.4 Å². The zero-order chi connectivity index (χ0) is 12.4. The molecule has 0 N–H and O–H groups in total. The van der Waals surface area contributed by atoms with Gasteiger partial charge in [0.1, 0.15) is 0 Å². The van der Waals surface area contributed by atoms with Crippen molar-refractivity contribution in [3.05, 3.63) is 0 Å². The predicted molar refractivity (Wildman–Crippen MR) is 73.9 cm³/mol. The molecule has 18 heavy (non-hydrogen) atoms. The molecular weight excluding hydrogens is 248 g/mol. The van der Waals surface area contributed by atoms with Crippen LogP contribution in [0.15, 0.2) is 0 Å². The summed E-state index contributed by atoms with van der Waals surface area (Å²) in [5.41, 5.74) is 0.304. The Labute approximate surface area is 115 Å². The average Bonchev–Trinajstić information content (AvgIpc) is 2.92. The normalized spacial score (nSPS) is 38.2. The fourth-order valence-corrected chi connectivity index (χ4v) is 4.25. The second-order valence-corrected chi connectivity index (χ2v) is 6.16. The standard InChI is InChI=1S/C13H24N2O2S/c18-17-11-13-3-1-5-15(13)12(2-4-13)10-14-6-8-16-9-7-14/h12,18H,1-11H2/t12-,13?/m1/s1. The van der Waals surface area contributed by atoms with Gasteiger partial charge in [-0.3, -0.25) is 9.80 Å². The third-order valence-corrected chi connectivity index (χ3v) is 5.07. The fourth-order valence-electron chi connectivity index (χ4n) is 4.01. The lowest BCUT2D eigenvalue weighted by molar-refractivity contribution is 0.0189. The molecule has 0 amide bonds. The molecule has 1 unspecified atom stereocenters. The van der Waals surface area contributed by atoms with E-state index in [0.29, 0.717) is 11.6 Å². The van der Waals surface area contributed by atoms with Crippen molar-refractivity contribution >= 4 is 12.9 Å². The molecule has 0 bridgehead atoms. The van der Waals surface area contributed by atoms with E-state index in [2.05, 4.69) is 22.7 Å². The SMILES string of the molecule is SOCC12CCCN1[C@@H](CN1CCOCC1)CC2. The molecule has 0 aromatic rings. The van der Waals surface area contributed by atoms with E-state index in [1.54, 1.807) is 0 Å². The summed E-state index contributed by atoms with van der Waals surface area (Å²) in [6.07, 6.45) is 5.20. The van der Waals surface area contributed by atoms with Gasteiger partial charge in [0.2, 0.25) is 0 Å². The van der Waals surface area contributed by atoms with Crippen LogP contribution in [0.2, 0.25) is 0 Å². The third-order valence-electron chi connectivity index (χ3n) is 4.94. The summed E-state index contributed by atoms with van der Waals surface area (Å²) < 4.78 is 10.6. The zero-order valence-electron chi connectivity index (χ0n) is 11.0. The highest BCUT2D eigenvalue weighted by molar-refractivity contribution is 7.75. The molecule has 0 aromatic carbocycles. The maximum atomic E-state index is 5.42. The maximum Gasteiger partial charge on any atom is 0.0794 e. The van der Waals surface area contributed by atoms with Gasteiger partial charge in [-0.2, -0.15) is 0 Å². The minimum atomic E-state index is 0.304. The van der Waals surface area contributed by atoms with Crippen LogP contribution in [0, 0.1) is 0 Å². The highest BCUT2D eigenvalue weighted by Gasteiger charge is 2.49. The lowest BCUT2D eigenvalue weighted by atomic mass is 9.95. The van der Waals surface area contributed by atoms with Gasteiger partial charge in [0, 0.05) is 31.2 Å². The molecule has 3 aliphatic rings. The molecule has 0 saturated carbocycles. The van der Waals surface area contributed by atoms with Gasteiger partial charge in [-0.25, -0.2) is 0 Å². The van der Waals surface area contributed by atoms with Crippen LogP contribution in [0.25, 0.3) is 0 Å². The minimum Gasteiger partial charge on any atom is -0.379 e. The molecule has 3 heterocycles. The Balaban J connectivity index is 1.60. The van der Waals surface area contributed by atoms with E-state index in [0.717, 1.165) is 32.9 Å². The number of rotatable bonds is 4. The molecular formula is C13H24N2O2S. The molecule has 5 heteroatoms. The first-order valence-electron chi connectivity index (χ1n) is 7.17. The van der Waals surface area contributed by atoms with Crippen molar-refractivity contribution in [1.82, 2.24) is 9.80 Å². The Morgan fingerprint density at radius 1 is 1.22 bits per heavy atom. The lowest BCUT2D eigenvalue weighted by Crippen LogP contribution is -2.50. The first-order valence-corrected chi connectivity index (χ1v) is 7.54. The van der Waals surface area contributed by atoms with E-state index in [9.17, 15) is 0 Å². The van der Waals surface area contributed by atoms with Crippen molar-refractivity contribution in [3.8, 4) is 0 Å². The maximum absolute atomic E-state index is 5.42. The number of hydrogen-bond acceptors (Lipinski definition) is 5. The van der Waals surface area contributed by atoms with Gasteiger partial charge < -0.3 is 8.92 Å². The van der Waals surface area contributed by atoms with Gasteiger partial charge in [-0.05, 0) is 45.1 Å². The van der Waals surface area contributed by atoms with Crippen LogP contribution in [0.3, 0.4) is 0 Å². The van der Waals surface area contributed by atoms with Crippen LogP contribution in [0.5, 0.6) is 0 Å². The Morgan fingerprint density at radius 2 is 2.06 bits per heavy atom. The molecule has 3 aliphatic heterocycles. The largest absolute Gasteiger partial charge is 0.379 e. The van der Waals surface area contributed by atoms with Gasteiger partial charge in [0.05, 0.1) is 19.8 Å². The Bertz CT molecular complexity index is 286. The Morgan fingerprint density at radius 3 is 2.83 bits per heavy atom. The molecule has 0 spiro atoms. The highest BCUT2D eigenvalue weighted by atomic mass is 32.1. The van der Waals surface area contributed by atoms with Gasteiger partial charge in [-0.15, -0.1) is 0 Å². The fraction of sp³-hybridized carbons (Fsp3) is 1.00. The quantitative estimate of drug-likeness (QED) is 0.614. The molecule has 4 nitrogen and oxygen atoms in total. The number of ether oxygens (including phenoxy) is 1. The van der Waals surface area contributed by atoms with Crippen LogP contribution < -0.4 is 0 Å². The number of thiol groups is 1. The van der Waals surface area contributed by atoms with Crippen LogP contribution in [0.1, 0.15) is 25.7 Å². The summed E-state index contributed by atoms with van der Waals surface area (Å²) in [5, 5.41) is 0. The molecule has 0 aromatic heterocycles. The van der Waals surface area contributed by atoms with E-state index in [4.69, 9.17) is 8.92 Å². The zero-order valence-corrected chi connectivity index (χ0v) is 11.9. The summed E-state index contributed by atoms with van der Waals surface area (Å²) in [6, 6.07) is 0.717. The number of morpholine rings is 1. The van der Waals surface area contributed by atoms with Gasteiger partial charge >= 0.3 is 0 Å². The monoisotopic (exact) mass is 272 g/mol. The number of nitrogens with zero attached hydrogens (tertiary/aromatic N) is 2. The van der Waals surface area contributed by atoms with E-state index in [-0.39, 0.29) is 0 Å². The van der Waals surface area contributed by atoms with Crippen molar-refractivity contribution < 1.29 is 8.92 Å². The van der Waals surface area contributed by atoms with E-state index in [1.165, 1.54) is 38.8 Å². The predicted octanol–water partition coefficient (Wildman–Crippen LogP) is 1.18. The summed E-state index contributed by atoms with van der Waals surface area (Å²) in [5.74, 6) is 0. The Kier molecular flexibility index (Phi) is 4.15. The Hall–Kier alpha value is 0.190. The van der Waals surface area contributed by atoms with Gasteiger partial charge in [0.25, 0.3) is 0 Å². The second kappa shape index (κ2) is 5.67. The van der Waals surface area contributed by atoms with Crippen LogP contribution in [-0.2, 0) is 8.92 Å². The van der Waals surface area contributed by atoms with Crippen molar-refractivity contribution in [2.24, 2.45) is 0 Å². The molecule has 3 rings (SSSR count). The smallest absolute Gasteiger partial charge is 0.0794 e. The first kappa shape index (κ1) is 13.2. The molecule has 0 radical (unpaired) electrons. The average molecular weight is 272 g/mol. The first-order chi connectivity index (χ1) is 8.84. The van der Waals surface area contributed by atoms with Gasteiger partial charge in [-0.1, -0.05) is 0 Å². The second-order valence-electron chi connectivity index (χ2n) is 5.90. The molecule has 104 valence electrons. The van der Waals surface area contributed by atoms with Crippen molar-refractivity contribution in [2.45, 2.75) is 37.3 Å².